The van der Waals surface area contributed by atoms with Crippen LogP contribution in [-0.4, -0.2) is 49.2 Å². The van der Waals surface area contributed by atoms with Gasteiger partial charge in [0.1, 0.15) is 5.75 Å². The monoisotopic (exact) mass is 410 g/mol. The van der Waals surface area contributed by atoms with E-state index in [1.54, 1.807) is 19.2 Å². The van der Waals surface area contributed by atoms with Crippen LogP contribution in [-0.2, 0) is 19.6 Å². The highest BCUT2D eigenvalue weighted by atomic mass is 32.2. The molecule has 1 aromatic heterocycles. The lowest BCUT2D eigenvalue weighted by Gasteiger charge is -2.25. The van der Waals surface area contributed by atoms with E-state index in [4.69, 9.17) is 4.74 Å². The maximum absolute atomic E-state index is 12.9. The molecule has 1 aliphatic heterocycles. The largest absolute Gasteiger partial charge is 0.479 e. The molecule has 3 rings (SSSR count). The molecule has 144 valence electrons. The molecule has 0 saturated heterocycles. The van der Waals surface area contributed by atoms with E-state index in [2.05, 4.69) is 15.6 Å². The molecule has 0 bridgehead atoms. The van der Waals surface area contributed by atoms with Crippen molar-refractivity contribution < 1.29 is 22.7 Å². The van der Waals surface area contributed by atoms with Gasteiger partial charge in [-0.2, -0.15) is 4.31 Å². The fraction of sp³-hybridized carbons (Fsp3) is 0.312. The van der Waals surface area contributed by atoms with Crippen LogP contribution in [0.3, 0.4) is 0 Å². The fourth-order valence-corrected chi connectivity index (χ4v) is 4.41. The first-order chi connectivity index (χ1) is 12.7. The lowest BCUT2D eigenvalue weighted by molar-refractivity contribution is -0.122. The number of amides is 2. The van der Waals surface area contributed by atoms with E-state index in [1.165, 1.54) is 36.7 Å². The van der Waals surface area contributed by atoms with E-state index < -0.39 is 22.0 Å². The SMILES string of the molecule is Cc1cc2c(cc1S(=O)(=O)N(C)CC(=O)Nc1nccs1)OC(C)C(=O)N2. The molecule has 0 fully saturated rings. The molecule has 27 heavy (non-hydrogen) atoms. The third kappa shape index (κ3) is 3.94. The number of hydrogen-bond donors (Lipinski definition) is 2. The normalized spacial score (nSPS) is 16.4. The van der Waals surface area contributed by atoms with Crippen molar-refractivity contribution in [3.63, 3.8) is 0 Å². The van der Waals surface area contributed by atoms with Gasteiger partial charge < -0.3 is 15.4 Å². The van der Waals surface area contributed by atoms with Crippen LogP contribution in [0.5, 0.6) is 5.75 Å². The van der Waals surface area contributed by atoms with Gasteiger partial charge in [-0.15, -0.1) is 11.3 Å². The van der Waals surface area contributed by atoms with Crippen molar-refractivity contribution in [2.45, 2.75) is 24.8 Å². The summed E-state index contributed by atoms with van der Waals surface area (Å²) in [6.45, 7) is 2.81. The predicted octanol–water partition coefficient (Wildman–Crippen LogP) is 1.43. The van der Waals surface area contributed by atoms with Crippen molar-refractivity contribution in [2.24, 2.45) is 0 Å². The van der Waals surface area contributed by atoms with Crippen LogP contribution in [0, 0.1) is 6.92 Å². The number of nitrogens with zero attached hydrogens (tertiary/aromatic N) is 2. The molecule has 1 atom stereocenters. The quantitative estimate of drug-likeness (QED) is 0.770. The Morgan fingerprint density at radius 1 is 1.44 bits per heavy atom. The number of carbonyl (C=O) groups excluding carboxylic acids is 2. The molecule has 1 aromatic carbocycles. The molecule has 11 heteroatoms. The van der Waals surface area contributed by atoms with Gasteiger partial charge in [-0.1, -0.05) is 0 Å². The van der Waals surface area contributed by atoms with Crippen LogP contribution in [0.4, 0.5) is 10.8 Å². The Hall–Kier alpha value is -2.50. The number of fused-ring (bicyclic) bond motifs is 1. The Morgan fingerprint density at radius 3 is 2.85 bits per heavy atom. The molecule has 0 aliphatic carbocycles. The van der Waals surface area contributed by atoms with Crippen molar-refractivity contribution in [2.75, 3.05) is 24.2 Å². The average Bonchev–Trinajstić information content (AvgIpc) is 3.08. The summed E-state index contributed by atoms with van der Waals surface area (Å²) >= 11 is 1.24. The van der Waals surface area contributed by atoms with Gasteiger partial charge in [-0.05, 0) is 25.5 Å². The van der Waals surface area contributed by atoms with Crippen molar-refractivity contribution >= 4 is 44.0 Å². The molecule has 0 spiro atoms. The second-order valence-electron chi connectivity index (χ2n) is 6.01. The van der Waals surface area contributed by atoms with Crippen molar-refractivity contribution in [1.82, 2.24) is 9.29 Å². The topological polar surface area (TPSA) is 118 Å². The number of aromatic nitrogens is 1. The summed E-state index contributed by atoms with van der Waals surface area (Å²) in [5.41, 5.74) is 0.845. The molecule has 1 aliphatic rings. The van der Waals surface area contributed by atoms with Gasteiger partial charge in [0.05, 0.1) is 17.1 Å². The zero-order valence-electron chi connectivity index (χ0n) is 14.8. The second-order valence-corrected chi connectivity index (χ2v) is 8.92. The van der Waals surface area contributed by atoms with Gasteiger partial charge in [-0.25, -0.2) is 13.4 Å². The molecule has 2 aromatic rings. The second kappa shape index (κ2) is 7.25. The number of hydrogen-bond acceptors (Lipinski definition) is 7. The number of anilines is 2. The minimum Gasteiger partial charge on any atom is -0.479 e. The Morgan fingerprint density at radius 2 is 2.19 bits per heavy atom. The third-order valence-electron chi connectivity index (χ3n) is 3.94. The van der Waals surface area contributed by atoms with Crippen LogP contribution in [0.25, 0.3) is 0 Å². The minimum atomic E-state index is -3.95. The minimum absolute atomic E-state index is 0.00847. The van der Waals surface area contributed by atoms with Crippen LogP contribution in [0.2, 0.25) is 0 Å². The fourth-order valence-electron chi connectivity index (χ4n) is 2.52. The zero-order valence-corrected chi connectivity index (χ0v) is 16.5. The van der Waals surface area contributed by atoms with Gasteiger partial charge in [0, 0.05) is 24.7 Å². The van der Waals surface area contributed by atoms with Gasteiger partial charge >= 0.3 is 0 Å². The number of ether oxygens (including phenoxy) is 1. The maximum atomic E-state index is 12.9. The molecule has 0 radical (unpaired) electrons. The van der Waals surface area contributed by atoms with Crippen molar-refractivity contribution in [1.29, 1.82) is 0 Å². The van der Waals surface area contributed by atoms with E-state index in [0.717, 1.165) is 4.31 Å². The van der Waals surface area contributed by atoms with Crippen LogP contribution < -0.4 is 15.4 Å². The summed E-state index contributed by atoms with van der Waals surface area (Å²) in [5.74, 6) is -0.524. The summed E-state index contributed by atoms with van der Waals surface area (Å²) in [5, 5.41) is 7.31. The molecule has 0 saturated carbocycles. The zero-order chi connectivity index (χ0) is 19.8. The summed E-state index contributed by atoms with van der Waals surface area (Å²) in [7, 11) is -2.62. The lowest BCUT2D eigenvalue weighted by atomic mass is 10.1. The highest BCUT2D eigenvalue weighted by molar-refractivity contribution is 7.89. The highest BCUT2D eigenvalue weighted by Gasteiger charge is 2.30. The summed E-state index contributed by atoms with van der Waals surface area (Å²) in [6.07, 6.45) is 0.814. The highest BCUT2D eigenvalue weighted by Crippen LogP contribution is 2.35. The number of benzene rings is 1. The van der Waals surface area contributed by atoms with Crippen molar-refractivity contribution in [3.05, 3.63) is 29.3 Å². The smallest absolute Gasteiger partial charge is 0.265 e. The number of likely N-dealkylation sites (N-methyl/N-ethyl adjacent to an activating group) is 1. The van der Waals surface area contributed by atoms with Gasteiger partial charge in [0.25, 0.3) is 5.91 Å². The molecule has 9 nitrogen and oxygen atoms in total. The van der Waals surface area contributed by atoms with E-state index >= 15 is 0 Å². The Labute approximate surface area is 160 Å². The summed E-state index contributed by atoms with van der Waals surface area (Å²) in [6, 6.07) is 2.90. The predicted molar refractivity (Wildman–Crippen MR) is 100 cm³/mol. The van der Waals surface area contributed by atoms with Crippen molar-refractivity contribution in [3.8, 4) is 5.75 Å². The van der Waals surface area contributed by atoms with Crippen LogP contribution in [0.1, 0.15) is 12.5 Å². The van der Waals surface area contributed by atoms with Crippen LogP contribution in [0.15, 0.2) is 28.6 Å². The number of nitrogens with one attached hydrogen (secondary N) is 2. The standard InChI is InChI=1S/C16H18N4O5S2/c1-9-6-11-12(25-10(2)15(22)18-11)7-13(9)27(23,24)20(3)8-14(21)19-16-17-4-5-26-16/h4-7,10H,8H2,1-3H3,(H,18,22)(H,17,19,21). The van der Waals surface area contributed by atoms with E-state index in [0.29, 0.717) is 16.4 Å². The number of rotatable bonds is 5. The molecular formula is C16H18N4O5S2. The lowest BCUT2D eigenvalue weighted by Crippen LogP contribution is -2.36. The first-order valence-electron chi connectivity index (χ1n) is 7.96. The first-order valence-corrected chi connectivity index (χ1v) is 10.3. The van der Waals surface area contributed by atoms with Gasteiger partial charge in [0.2, 0.25) is 15.9 Å². The van der Waals surface area contributed by atoms with E-state index in [9.17, 15) is 18.0 Å². The van der Waals surface area contributed by atoms with Crippen LogP contribution >= 0.6 is 11.3 Å². The summed E-state index contributed by atoms with van der Waals surface area (Å²) < 4.78 is 32.3. The maximum Gasteiger partial charge on any atom is 0.265 e. The number of aryl methyl sites for hydroxylation is 1. The molecule has 2 N–H and O–H groups in total. The Balaban J connectivity index is 1.82. The van der Waals surface area contributed by atoms with E-state index in [1.807, 2.05) is 0 Å². The first kappa shape index (κ1) is 19.3. The molecule has 2 heterocycles. The van der Waals surface area contributed by atoms with Gasteiger partial charge in [0.15, 0.2) is 11.2 Å². The Kier molecular flexibility index (Phi) is 5.18. The average molecular weight is 410 g/mol. The molecular weight excluding hydrogens is 392 g/mol. The number of carbonyl (C=O) groups is 2. The van der Waals surface area contributed by atoms with Gasteiger partial charge in [-0.3, -0.25) is 9.59 Å². The Bertz CT molecular complexity index is 988. The summed E-state index contributed by atoms with van der Waals surface area (Å²) in [4.78, 5) is 27.7. The number of thiazole rings is 1. The molecule has 2 amide bonds. The number of sulfonamides is 1. The van der Waals surface area contributed by atoms with E-state index in [-0.39, 0.29) is 23.1 Å². The third-order valence-corrected chi connectivity index (χ3v) is 6.58. The molecule has 1 unspecified atom stereocenters.